The largest absolute Gasteiger partial charge is 0.444 e. The molecule has 1 saturated carbocycles. The van der Waals surface area contributed by atoms with Crippen LogP contribution in [-0.2, 0) is 34.0 Å². The molecule has 0 spiro atoms. The molecule has 2 saturated heterocycles. The van der Waals surface area contributed by atoms with E-state index in [1.54, 1.807) is 6.33 Å². The predicted molar refractivity (Wildman–Crippen MR) is 208 cm³/mol. The first-order chi connectivity index (χ1) is 24.9. The molecule has 3 aromatic rings. The summed E-state index contributed by atoms with van der Waals surface area (Å²) < 4.78 is 19.8. The standard InChI is InChI=1S/C39H62N8O4Si/c1-39(2,3)51-38(48)44-32-8-7-15-45(26-32)25-29-13-14-40-33(22-29)24-41-31-11-9-30(10-12-31)35-23-34-36(46-16-18-49-19-17-46)42-27-43-37(34)47(35)28-50-20-21-52(4,5)6/h13-14,22-23,27,30-32,41H,7-12,15-21,24-26,28H2,1-6H3,(H,44,48)/t30?,31?,32-/m1/s1. The third-order valence-corrected chi connectivity index (χ3v) is 12.2. The van der Waals surface area contributed by atoms with E-state index >= 15 is 0 Å². The zero-order valence-corrected chi connectivity index (χ0v) is 33.5. The van der Waals surface area contributed by atoms with Crippen molar-refractivity contribution in [2.45, 2.75) is 128 Å². The Kier molecular flexibility index (Phi) is 12.9. The van der Waals surface area contributed by atoms with Crippen LogP contribution in [0.1, 0.15) is 82.2 Å². The van der Waals surface area contributed by atoms with Crippen molar-refractivity contribution in [2.24, 2.45) is 0 Å². The third kappa shape index (κ3) is 11.0. The van der Waals surface area contributed by atoms with Gasteiger partial charge >= 0.3 is 6.09 Å². The van der Waals surface area contributed by atoms with Gasteiger partial charge in [-0.15, -0.1) is 0 Å². The van der Waals surface area contributed by atoms with E-state index in [0.717, 1.165) is 126 Å². The zero-order valence-electron chi connectivity index (χ0n) is 32.5. The van der Waals surface area contributed by atoms with Gasteiger partial charge in [0.25, 0.3) is 0 Å². The normalized spacial score (nSPS) is 22.1. The van der Waals surface area contributed by atoms with Gasteiger partial charge in [-0.05, 0) is 102 Å². The fourth-order valence-electron chi connectivity index (χ4n) is 7.72. The highest BCUT2D eigenvalue weighted by atomic mass is 28.3. The summed E-state index contributed by atoms with van der Waals surface area (Å²) in [6.45, 7) is 20.8. The number of anilines is 1. The minimum Gasteiger partial charge on any atom is -0.444 e. The molecule has 0 radical (unpaired) electrons. The number of fused-ring (bicyclic) bond motifs is 1. The number of alkyl carbamates (subject to hydrolysis) is 1. The number of piperidine rings is 1. The highest BCUT2D eigenvalue weighted by Gasteiger charge is 2.29. The number of aromatic nitrogens is 4. The van der Waals surface area contributed by atoms with Gasteiger partial charge in [0.1, 0.15) is 30.1 Å². The van der Waals surface area contributed by atoms with E-state index in [2.05, 4.69) is 62.8 Å². The van der Waals surface area contributed by atoms with Gasteiger partial charge in [-0.25, -0.2) is 14.8 Å². The molecule has 13 heteroatoms. The second-order valence-corrected chi connectivity index (χ2v) is 22.8. The third-order valence-electron chi connectivity index (χ3n) is 10.5. The van der Waals surface area contributed by atoms with Crippen LogP contribution in [0.4, 0.5) is 10.6 Å². The number of ether oxygens (including phenoxy) is 3. The van der Waals surface area contributed by atoms with Crippen LogP contribution in [-0.4, -0.2) is 102 Å². The average molecular weight is 735 g/mol. The van der Waals surface area contributed by atoms with Gasteiger partial charge in [0.05, 0.1) is 24.3 Å². The maximum Gasteiger partial charge on any atom is 0.407 e. The Balaban J connectivity index is 1.04. The number of nitrogens with one attached hydrogen (secondary N) is 2. The summed E-state index contributed by atoms with van der Waals surface area (Å²) in [5, 5.41) is 8.03. The van der Waals surface area contributed by atoms with Crippen molar-refractivity contribution >= 4 is 31.0 Å². The van der Waals surface area contributed by atoms with Crippen LogP contribution in [0.5, 0.6) is 0 Å². The molecule has 12 nitrogen and oxygen atoms in total. The molecule has 0 aromatic carbocycles. The molecule has 3 aromatic heterocycles. The zero-order chi connectivity index (χ0) is 36.7. The van der Waals surface area contributed by atoms with E-state index in [4.69, 9.17) is 29.2 Å². The summed E-state index contributed by atoms with van der Waals surface area (Å²) in [6.07, 6.45) is 9.80. The molecule has 1 amide bonds. The number of carbonyl (C=O) groups is 1. The Morgan fingerprint density at radius 1 is 1.00 bits per heavy atom. The van der Waals surface area contributed by atoms with Crippen molar-refractivity contribution in [3.63, 3.8) is 0 Å². The van der Waals surface area contributed by atoms with Crippen LogP contribution in [0.2, 0.25) is 25.7 Å². The fourth-order valence-corrected chi connectivity index (χ4v) is 8.48. The predicted octanol–water partition coefficient (Wildman–Crippen LogP) is 6.28. The van der Waals surface area contributed by atoms with Gasteiger partial charge in [-0.1, -0.05) is 19.6 Å². The van der Waals surface area contributed by atoms with Gasteiger partial charge in [-0.3, -0.25) is 9.88 Å². The number of hydrogen-bond donors (Lipinski definition) is 2. The van der Waals surface area contributed by atoms with E-state index in [9.17, 15) is 4.79 Å². The Morgan fingerprint density at radius 3 is 2.54 bits per heavy atom. The summed E-state index contributed by atoms with van der Waals surface area (Å²) >= 11 is 0. The van der Waals surface area contributed by atoms with Gasteiger partial charge in [0.2, 0.25) is 0 Å². The van der Waals surface area contributed by atoms with Gasteiger partial charge in [0.15, 0.2) is 0 Å². The molecule has 1 aliphatic carbocycles. The lowest BCUT2D eigenvalue weighted by Crippen LogP contribution is -2.48. The molecule has 6 rings (SSSR count). The van der Waals surface area contributed by atoms with Gasteiger partial charge in [0, 0.05) is 71.4 Å². The quantitative estimate of drug-likeness (QED) is 0.154. The minimum absolute atomic E-state index is 0.102. The first kappa shape index (κ1) is 38.6. The maximum atomic E-state index is 12.3. The number of nitrogens with zero attached hydrogens (tertiary/aromatic N) is 6. The Bertz CT molecular complexity index is 1610. The molecule has 1 atom stereocenters. The number of rotatable bonds is 13. The van der Waals surface area contributed by atoms with E-state index in [0.29, 0.717) is 18.7 Å². The van der Waals surface area contributed by atoms with Crippen LogP contribution < -0.4 is 15.5 Å². The van der Waals surface area contributed by atoms with E-state index in [-0.39, 0.29) is 12.1 Å². The van der Waals surface area contributed by atoms with Crippen LogP contribution in [0.3, 0.4) is 0 Å². The molecule has 286 valence electrons. The Hall–Kier alpha value is -3.10. The van der Waals surface area contributed by atoms with E-state index in [1.807, 2.05) is 27.0 Å². The molecule has 3 aliphatic rings. The second kappa shape index (κ2) is 17.4. The SMILES string of the molecule is CC(C)(C)OC(=O)N[C@@H]1CCCN(Cc2ccnc(CNC3CCC(c4cc5c(N6CCOCC6)ncnc5n4COCC[Si](C)(C)C)CC3)c2)C1. The Morgan fingerprint density at radius 2 is 1.79 bits per heavy atom. The maximum absolute atomic E-state index is 12.3. The number of amides is 1. The molecule has 52 heavy (non-hydrogen) atoms. The van der Waals surface area contributed by atoms with Gasteiger partial charge < -0.3 is 34.3 Å². The molecule has 2 N–H and O–H groups in total. The Labute approximate surface area is 311 Å². The molecule has 5 heterocycles. The summed E-state index contributed by atoms with van der Waals surface area (Å²) in [6, 6.07) is 8.41. The first-order valence-corrected chi connectivity index (χ1v) is 23.2. The van der Waals surface area contributed by atoms with Crippen molar-refractivity contribution in [1.29, 1.82) is 0 Å². The van der Waals surface area contributed by atoms with Crippen molar-refractivity contribution < 1.29 is 19.0 Å². The smallest absolute Gasteiger partial charge is 0.407 e. The fraction of sp³-hybridized carbons (Fsp3) is 0.692. The lowest BCUT2D eigenvalue weighted by molar-refractivity contribution is 0.0470. The van der Waals surface area contributed by atoms with Crippen LogP contribution in [0.15, 0.2) is 30.7 Å². The first-order valence-electron chi connectivity index (χ1n) is 19.5. The number of likely N-dealkylation sites (tertiary alicyclic amines) is 1. The van der Waals surface area contributed by atoms with Crippen LogP contribution in [0.25, 0.3) is 11.0 Å². The van der Waals surface area contributed by atoms with Crippen molar-refractivity contribution in [3.05, 3.63) is 47.7 Å². The summed E-state index contributed by atoms with van der Waals surface area (Å²) in [4.78, 5) is 31.4. The van der Waals surface area contributed by atoms with Crippen molar-refractivity contribution in [2.75, 3.05) is 50.9 Å². The van der Waals surface area contributed by atoms with E-state index in [1.165, 1.54) is 11.3 Å². The highest BCUT2D eigenvalue weighted by molar-refractivity contribution is 6.76. The number of morpholine rings is 1. The topological polar surface area (TPSA) is 119 Å². The van der Waals surface area contributed by atoms with Crippen molar-refractivity contribution in [1.82, 2.24) is 35.1 Å². The molecule has 0 unspecified atom stereocenters. The number of hydrogen-bond acceptors (Lipinski definition) is 10. The van der Waals surface area contributed by atoms with Crippen molar-refractivity contribution in [3.8, 4) is 0 Å². The highest BCUT2D eigenvalue weighted by Crippen LogP contribution is 2.38. The monoisotopic (exact) mass is 734 g/mol. The minimum atomic E-state index is -1.19. The van der Waals surface area contributed by atoms with Gasteiger partial charge in [-0.2, -0.15) is 0 Å². The summed E-state index contributed by atoms with van der Waals surface area (Å²) in [5.74, 6) is 1.46. The summed E-state index contributed by atoms with van der Waals surface area (Å²) in [7, 11) is -1.19. The van der Waals surface area contributed by atoms with Crippen LogP contribution >= 0.6 is 0 Å². The molecular weight excluding hydrogens is 673 g/mol. The lowest BCUT2D eigenvalue weighted by atomic mass is 9.84. The van der Waals surface area contributed by atoms with E-state index < -0.39 is 13.7 Å². The lowest BCUT2D eigenvalue weighted by Gasteiger charge is -2.33. The molecular formula is C39H62N8O4Si. The molecule has 0 bridgehead atoms. The molecule has 3 fully saturated rings. The average Bonchev–Trinajstić information content (AvgIpc) is 3.47. The molecule has 2 aliphatic heterocycles. The second-order valence-electron chi connectivity index (χ2n) is 17.2. The number of pyridine rings is 1. The summed E-state index contributed by atoms with van der Waals surface area (Å²) in [5.41, 5.74) is 4.14. The number of carbonyl (C=O) groups excluding carboxylic acids is 1. The van der Waals surface area contributed by atoms with Crippen LogP contribution in [0, 0.1) is 0 Å².